The molecular weight excluding hydrogens is 1260 g/mol. The third kappa shape index (κ3) is 69.5. The number of aliphatic hydroxyl groups excluding tert-OH is 1. The molecule has 3 N–H and O–H groups in total. The highest BCUT2D eigenvalue weighted by Gasteiger charge is 2.30. The number of hydrogen-bond acceptors (Lipinski definition) is 15. The van der Waals surface area contributed by atoms with Gasteiger partial charge in [-0.3, -0.25) is 37.3 Å². The predicted octanol–water partition coefficient (Wildman–Crippen LogP) is 22.1. The van der Waals surface area contributed by atoms with Crippen molar-refractivity contribution >= 4 is 39.5 Å². The summed E-state index contributed by atoms with van der Waals surface area (Å²) in [5, 5.41) is 10.6. The maximum atomic E-state index is 13.1. The van der Waals surface area contributed by atoms with E-state index in [1.807, 2.05) is 0 Å². The van der Waals surface area contributed by atoms with Crippen molar-refractivity contribution in [2.24, 2.45) is 0 Å². The van der Waals surface area contributed by atoms with E-state index in [0.717, 1.165) is 141 Å². The molecule has 0 bridgehead atoms. The molecule has 0 aromatic heterocycles. The predicted molar refractivity (Wildman–Crippen MR) is 390 cm³/mol. The lowest BCUT2D eigenvalue weighted by Gasteiger charge is -2.21. The summed E-state index contributed by atoms with van der Waals surface area (Å²) in [5.41, 5.74) is 0. The smallest absolute Gasteiger partial charge is 0.462 e. The molecule has 0 aromatic rings. The van der Waals surface area contributed by atoms with Crippen LogP contribution in [-0.4, -0.2) is 96.7 Å². The Balaban J connectivity index is 5.24. The molecule has 19 heteroatoms. The number of hydrogen-bond donors (Lipinski definition) is 3. The Morgan fingerprint density at radius 2 is 0.521 bits per heavy atom. The first-order valence-electron chi connectivity index (χ1n) is 38.9. The van der Waals surface area contributed by atoms with Gasteiger partial charge in [0.1, 0.15) is 19.3 Å². The zero-order valence-corrected chi connectivity index (χ0v) is 63.1. The molecule has 0 aliphatic heterocycles. The van der Waals surface area contributed by atoms with Crippen LogP contribution in [0.3, 0.4) is 0 Å². The minimum absolute atomic E-state index is 0.0910. The highest BCUT2D eigenvalue weighted by Crippen LogP contribution is 2.45. The summed E-state index contributed by atoms with van der Waals surface area (Å²) in [7, 11) is -9.93. The van der Waals surface area contributed by atoms with E-state index in [-0.39, 0.29) is 25.7 Å². The fourth-order valence-electron chi connectivity index (χ4n) is 10.8. The molecule has 96 heavy (non-hydrogen) atoms. The summed E-state index contributed by atoms with van der Waals surface area (Å²) in [6.07, 6.45) is 66.7. The molecule has 0 saturated carbocycles. The van der Waals surface area contributed by atoms with Crippen molar-refractivity contribution in [3.05, 3.63) is 48.6 Å². The summed E-state index contributed by atoms with van der Waals surface area (Å²) >= 11 is 0. The molecule has 0 saturated heterocycles. The van der Waals surface area contributed by atoms with Gasteiger partial charge in [-0.05, 0) is 83.5 Å². The molecule has 0 amide bonds. The van der Waals surface area contributed by atoms with Crippen molar-refractivity contribution in [1.29, 1.82) is 0 Å². The number of aliphatic hydroxyl groups is 1. The van der Waals surface area contributed by atoms with Gasteiger partial charge in [0.05, 0.1) is 26.4 Å². The number of ether oxygens (including phenoxy) is 4. The minimum Gasteiger partial charge on any atom is -0.462 e. The highest BCUT2D eigenvalue weighted by molar-refractivity contribution is 7.47. The van der Waals surface area contributed by atoms with Crippen LogP contribution in [0.4, 0.5) is 0 Å². The fraction of sp³-hybridized carbons (Fsp3) is 0.844. The van der Waals surface area contributed by atoms with E-state index in [1.54, 1.807) is 0 Å². The van der Waals surface area contributed by atoms with Gasteiger partial charge in [-0.15, -0.1) is 0 Å². The minimum atomic E-state index is -4.96. The van der Waals surface area contributed by atoms with Crippen molar-refractivity contribution in [2.45, 2.75) is 380 Å². The van der Waals surface area contributed by atoms with Crippen LogP contribution in [-0.2, 0) is 65.4 Å². The second-order valence-corrected chi connectivity index (χ2v) is 29.2. The van der Waals surface area contributed by atoms with Gasteiger partial charge in [-0.1, -0.05) is 301 Å². The van der Waals surface area contributed by atoms with E-state index in [0.29, 0.717) is 25.7 Å². The van der Waals surface area contributed by atoms with Crippen LogP contribution in [0, 0.1) is 0 Å². The van der Waals surface area contributed by atoms with Gasteiger partial charge in [0, 0.05) is 25.7 Å². The molecular formula is C77H142O17P2. The summed E-state index contributed by atoms with van der Waals surface area (Å²) in [5.74, 6) is -2.16. The fourth-order valence-corrected chi connectivity index (χ4v) is 12.4. The van der Waals surface area contributed by atoms with E-state index in [9.17, 15) is 43.2 Å². The number of phosphoric acid groups is 2. The zero-order valence-electron chi connectivity index (χ0n) is 61.3. The van der Waals surface area contributed by atoms with Crippen molar-refractivity contribution in [1.82, 2.24) is 0 Å². The summed E-state index contributed by atoms with van der Waals surface area (Å²) in [4.78, 5) is 72.8. The standard InChI is InChI=1S/C77H142O17P2/c1-5-9-13-17-21-25-29-31-33-34-35-36-38-40-44-46-50-54-58-62-75(80)88-68-73(94-77(82)64-60-56-52-48-42-28-24-20-16-12-8-4)70-92-96(85,86)90-66-71(78)65-89-95(83,84)91-69-72(93-76(81)63-59-55-51-47-41-27-23-19-15-11-7-3)67-87-74(79)61-57-53-49-45-43-39-37-32-30-26-22-18-14-10-6-2/h19,21,23,25,31,33,35-36,71-73,78H,5-18,20,22,24,26-30,32,34,37-70H2,1-4H3,(H,83,84)(H,85,86)/b23-19-,25-21-,33-31-,36-35-. The molecule has 17 nitrogen and oxygen atoms in total. The maximum Gasteiger partial charge on any atom is 0.472 e. The molecule has 5 atom stereocenters. The second kappa shape index (κ2) is 70.5. The number of allylic oxidation sites excluding steroid dienone is 8. The number of phosphoric ester groups is 2. The Morgan fingerprint density at radius 3 is 0.844 bits per heavy atom. The van der Waals surface area contributed by atoms with Crippen molar-refractivity contribution < 1.29 is 80.2 Å². The van der Waals surface area contributed by atoms with Crippen LogP contribution in [0.2, 0.25) is 0 Å². The van der Waals surface area contributed by atoms with Crippen molar-refractivity contribution in [2.75, 3.05) is 39.6 Å². The maximum absolute atomic E-state index is 13.1. The normalized spacial score (nSPS) is 14.2. The number of carbonyl (C=O) groups is 4. The van der Waals surface area contributed by atoms with Gasteiger partial charge in [-0.25, -0.2) is 9.13 Å². The van der Waals surface area contributed by atoms with Crippen LogP contribution < -0.4 is 0 Å². The number of unbranched alkanes of at least 4 members (excludes halogenated alkanes) is 40. The van der Waals surface area contributed by atoms with E-state index in [4.69, 9.17) is 37.0 Å². The monoisotopic (exact) mass is 1400 g/mol. The van der Waals surface area contributed by atoms with Crippen LogP contribution in [0.25, 0.3) is 0 Å². The number of carbonyl (C=O) groups excluding carboxylic acids is 4. The Morgan fingerprint density at radius 1 is 0.292 bits per heavy atom. The van der Waals surface area contributed by atoms with Crippen LogP contribution >= 0.6 is 15.6 Å². The third-order valence-electron chi connectivity index (χ3n) is 16.8. The van der Waals surface area contributed by atoms with Gasteiger partial charge in [0.2, 0.25) is 0 Å². The van der Waals surface area contributed by atoms with E-state index >= 15 is 0 Å². The lowest BCUT2D eigenvalue weighted by Crippen LogP contribution is -2.30. The third-order valence-corrected chi connectivity index (χ3v) is 18.7. The van der Waals surface area contributed by atoms with Crippen molar-refractivity contribution in [3.8, 4) is 0 Å². The Hall–Kier alpha value is -2.98. The van der Waals surface area contributed by atoms with Gasteiger partial charge in [0.15, 0.2) is 12.2 Å². The number of rotatable bonds is 74. The molecule has 0 aliphatic rings. The van der Waals surface area contributed by atoms with Crippen LogP contribution in [0.15, 0.2) is 48.6 Å². The second-order valence-electron chi connectivity index (χ2n) is 26.3. The topological polar surface area (TPSA) is 237 Å². The van der Waals surface area contributed by atoms with Crippen molar-refractivity contribution in [3.63, 3.8) is 0 Å². The molecule has 0 rings (SSSR count). The molecule has 0 spiro atoms. The summed E-state index contributed by atoms with van der Waals surface area (Å²) in [6.45, 7) is 4.84. The molecule has 0 heterocycles. The quantitative estimate of drug-likeness (QED) is 0.0169. The lowest BCUT2D eigenvalue weighted by atomic mass is 10.0. The van der Waals surface area contributed by atoms with Gasteiger partial charge in [0.25, 0.3) is 0 Å². The Labute approximate surface area is 585 Å². The molecule has 0 radical (unpaired) electrons. The Kier molecular flexibility index (Phi) is 68.3. The van der Waals surface area contributed by atoms with Gasteiger partial charge in [-0.2, -0.15) is 0 Å². The van der Waals surface area contributed by atoms with E-state index in [1.165, 1.54) is 141 Å². The largest absolute Gasteiger partial charge is 0.472 e. The molecule has 0 fully saturated rings. The molecule has 5 unspecified atom stereocenters. The highest BCUT2D eigenvalue weighted by atomic mass is 31.2. The molecule has 0 aromatic carbocycles. The first kappa shape index (κ1) is 93.0. The summed E-state index contributed by atoms with van der Waals surface area (Å²) < 4.78 is 68.4. The zero-order chi connectivity index (χ0) is 70.4. The average molecular weight is 1400 g/mol. The molecule has 562 valence electrons. The van der Waals surface area contributed by atoms with E-state index < -0.39 is 97.5 Å². The van der Waals surface area contributed by atoms with Crippen LogP contribution in [0.5, 0.6) is 0 Å². The first-order valence-corrected chi connectivity index (χ1v) is 41.9. The van der Waals surface area contributed by atoms with Crippen LogP contribution in [0.1, 0.15) is 362 Å². The van der Waals surface area contributed by atoms with Gasteiger partial charge >= 0.3 is 39.5 Å². The summed E-state index contributed by atoms with van der Waals surface area (Å²) in [6, 6.07) is 0. The Bertz CT molecular complexity index is 2010. The van der Waals surface area contributed by atoms with E-state index in [2.05, 4.69) is 76.3 Å². The first-order chi connectivity index (χ1) is 46.7. The van der Waals surface area contributed by atoms with Gasteiger partial charge < -0.3 is 33.8 Å². The lowest BCUT2D eigenvalue weighted by molar-refractivity contribution is -0.161. The average Bonchev–Trinajstić information content (AvgIpc) is 1.16. The molecule has 0 aliphatic carbocycles. The number of esters is 4. The SMILES string of the molecule is CCCC/C=C\CCCCCCCC(=O)OC(COC(=O)CCCCCCCCCCCCCCCCC)COP(=O)(O)OCC(O)COP(=O)(O)OCC(COC(=O)CCCCCCCC/C=C\C/C=C\C/C=C\CCCCC)OC(=O)CCCCCCCCCCCCC.